The van der Waals surface area contributed by atoms with Crippen LogP contribution >= 0.6 is 11.3 Å². The van der Waals surface area contributed by atoms with Crippen molar-refractivity contribution in [1.82, 2.24) is 24.8 Å². The second-order valence-electron chi connectivity index (χ2n) is 7.12. The molecule has 0 bridgehead atoms. The van der Waals surface area contributed by atoms with Crippen LogP contribution in [-0.4, -0.2) is 61.0 Å². The predicted octanol–water partition coefficient (Wildman–Crippen LogP) is 2.50. The molecular formula is C18H22F3N5O3S. The summed E-state index contributed by atoms with van der Waals surface area (Å²) < 4.78 is 33.8. The second kappa shape index (κ2) is 9.56. The molecule has 0 spiro atoms. The van der Waals surface area contributed by atoms with Gasteiger partial charge < -0.3 is 10.0 Å². The third-order valence-electron chi connectivity index (χ3n) is 4.88. The highest BCUT2D eigenvalue weighted by Gasteiger charge is 2.38. The maximum absolute atomic E-state index is 11.9. The molecule has 2 aliphatic rings. The molecule has 1 saturated heterocycles. The van der Waals surface area contributed by atoms with Crippen molar-refractivity contribution in [3.05, 3.63) is 33.8 Å². The number of carbonyl (C=O) groups is 2. The van der Waals surface area contributed by atoms with Gasteiger partial charge in [-0.1, -0.05) is 5.21 Å². The lowest BCUT2D eigenvalue weighted by Gasteiger charge is -2.20. The molecule has 1 N–H and O–H groups in total. The van der Waals surface area contributed by atoms with Crippen molar-refractivity contribution >= 4 is 23.2 Å². The molecule has 2 aromatic rings. The Morgan fingerprint density at radius 2 is 1.97 bits per heavy atom. The van der Waals surface area contributed by atoms with Gasteiger partial charge in [0.25, 0.3) is 0 Å². The summed E-state index contributed by atoms with van der Waals surface area (Å²) in [6.07, 6.45) is -2.36. The molecule has 0 aliphatic carbocycles. The number of fused-ring (bicyclic) bond motifs is 1. The van der Waals surface area contributed by atoms with Crippen LogP contribution in [0.3, 0.4) is 0 Å². The molecule has 0 aromatic carbocycles. The monoisotopic (exact) mass is 445 g/mol. The Bertz CT molecular complexity index is 869. The minimum atomic E-state index is -5.08. The van der Waals surface area contributed by atoms with Crippen LogP contribution in [0.1, 0.15) is 36.2 Å². The van der Waals surface area contributed by atoms with Crippen molar-refractivity contribution in [3.8, 4) is 0 Å². The molecule has 30 heavy (non-hydrogen) atoms. The lowest BCUT2D eigenvalue weighted by Crippen LogP contribution is -2.26. The fraction of sp³-hybridized carbons (Fsp3) is 0.556. The van der Waals surface area contributed by atoms with Gasteiger partial charge in [-0.05, 0) is 35.2 Å². The fourth-order valence-corrected chi connectivity index (χ4v) is 4.07. The standard InChI is InChI=1S/C16H21N5OS.C2HF3O2/c22-16-3-1-6-20(16)10-14-15-11-19(9-13-4-8-23-12-13)5-2-7-21(15)18-17-14;3-2(4,5)1(6)7/h4,8,12H,1-3,5-7,9-11H2;(H,6,7). The molecule has 0 atom stereocenters. The van der Waals surface area contributed by atoms with Crippen molar-refractivity contribution in [3.63, 3.8) is 0 Å². The number of halogens is 3. The largest absolute Gasteiger partial charge is 0.490 e. The molecule has 0 saturated carbocycles. The zero-order valence-corrected chi connectivity index (χ0v) is 17.0. The van der Waals surface area contributed by atoms with E-state index in [9.17, 15) is 18.0 Å². The molecule has 0 unspecified atom stereocenters. The van der Waals surface area contributed by atoms with E-state index in [4.69, 9.17) is 9.90 Å². The first-order valence-electron chi connectivity index (χ1n) is 9.46. The molecular weight excluding hydrogens is 423 g/mol. The molecule has 2 aliphatic heterocycles. The number of carbonyl (C=O) groups excluding carboxylic acids is 1. The van der Waals surface area contributed by atoms with Gasteiger partial charge in [0, 0.05) is 39.1 Å². The van der Waals surface area contributed by atoms with E-state index >= 15 is 0 Å². The van der Waals surface area contributed by atoms with Crippen molar-refractivity contribution in [2.45, 2.75) is 51.6 Å². The van der Waals surface area contributed by atoms with Crippen LogP contribution in [0, 0.1) is 0 Å². The molecule has 4 rings (SSSR count). The van der Waals surface area contributed by atoms with Gasteiger partial charge in [-0.3, -0.25) is 9.69 Å². The van der Waals surface area contributed by atoms with E-state index in [0.29, 0.717) is 13.0 Å². The van der Waals surface area contributed by atoms with E-state index < -0.39 is 12.1 Å². The summed E-state index contributed by atoms with van der Waals surface area (Å²) in [6.45, 7) is 5.28. The molecule has 4 heterocycles. The van der Waals surface area contributed by atoms with Crippen molar-refractivity contribution in [2.75, 3.05) is 13.1 Å². The van der Waals surface area contributed by atoms with E-state index in [2.05, 4.69) is 32.0 Å². The lowest BCUT2D eigenvalue weighted by atomic mass is 10.2. The summed E-state index contributed by atoms with van der Waals surface area (Å²) in [5.41, 5.74) is 3.52. The molecule has 164 valence electrons. The smallest absolute Gasteiger partial charge is 0.475 e. The van der Waals surface area contributed by atoms with Gasteiger partial charge in [-0.2, -0.15) is 24.5 Å². The summed E-state index contributed by atoms with van der Waals surface area (Å²) >= 11 is 1.74. The number of carboxylic acids is 1. The Morgan fingerprint density at radius 1 is 1.20 bits per heavy atom. The van der Waals surface area contributed by atoms with Crippen LogP contribution in [0.2, 0.25) is 0 Å². The summed E-state index contributed by atoms with van der Waals surface area (Å²) in [4.78, 5) is 25.1. The number of alkyl halides is 3. The van der Waals surface area contributed by atoms with E-state index in [1.807, 2.05) is 9.58 Å². The summed E-state index contributed by atoms with van der Waals surface area (Å²) in [7, 11) is 0. The predicted molar refractivity (Wildman–Crippen MR) is 101 cm³/mol. The highest BCUT2D eigenvalue weighted by atomic mass is 32.1. The summed E-state index contributed by atoms with van der Waals surface area (Å²) in [6, 6.07) is 2.19. The number of aryl methyl sites for hydroxylation is 1. The Morgan fingerprint density at radius 3 is 2.57 bits per heavy atom. The number of aromatic nitrogens is 3. The summed E-state index contributed by atoms with van der Waals surface area (Å²) in [5.74, 6) is -2.51. The Hall–Kier alpha value is -2.47. The molecule has 1 fully saturated rings. The first-order chi connectivity index (χ1) is 14.2. The highest BCUT2D eigenvalue weighted by molar-refractivity contribution is 7.07. The highest BCUT2D eigenvalue weighted by Crippen LogP contribution is 2.21. The quantitative estimate of drug-likeness (QED) is 0.778. The SMILES string of the molecule is O=C(O)C(F)(F)F.O=C1CCCN1Cc1nnn2c1CN(Cc1ccsc1)CCC2. The summed E-state index contributed by atoms with van der Waals surface area (Å²) in [5, 5.41) is 20.1. The average molecular weight is 445 g/mol. The minimum Gasteiger partial charge on any atom is -0.475 e. The van der Waals surface area contributed by atoms with Gasteiger partial charge in [0.2, 0.25) is 5.91 Å². The lowest BCUT2D eigenvalue weighted by molar-refractivity contribution is -0.192. The minimum absolute atomic E-state index is 0.246. The van der Waals surface area contributed by atoms with Crippen LogP contribution in [0.15, 0.2) is 16.8 Å². The maximum Gasteiger partial charge on any atom is 0.490 e. The number of thiophene rings is 1. The number of nitrogens with zero attached hydrogens (tertiary/aromatic N) is 5. The van der Waals surface area contributed by atoms with Gasteiger partial charge in [0.05, 0.1) is 12.2 Å². The zero-order chi connectivity index (χ0) is 21.7. The third-order valence-corrected chi connectivity index (χ3v) is 5.61. The van der Waals surface area contributed by atoms with Crippen LogP contribution in [0.4, 0.5) is 13.2 Å². The Kier molecular flexibility index (Phi) is 7.08. The fourth-order valence-electron chi connectivity index (χ4n) is 3.41. The number of rotatable bonds is 4. The zero-order valence-electron chi connectivity index (χ0n) is 16.1. The van der Waals surface area contributed by atoms with Crippen LogP contribution in [0.25, 0.3) is 0 Å². The van der Waals surface area contributed by atoms with E-state index in [1.165, 1.54) is 11.3 Å². The van der Waals surface area contributed by atoms with E-state index in [0.717, 1.165) is 51.3 Å². The number of hydrogen-bond acceptors (Lipinski definition) is 6. The number of aliphatic carboxylic acids is 1. The van der Waals surface area contributed by atoms with Crippen molar-refractivity contribution < 1.29 is 27.9 Å². The van der Waals surface area contributed by atoms with Crippen molar-refractivity contribution in [2.24, 2.45) is 0 Å². The van der Waals surface area contributed by atoms with E-state index in [-0.39, 0.29) is 5.91 Å². The maximum atomic E-state index is 11.9. The van der Waals surface area contributed by atoms with Gasteiger partial charge >= 0.3 is 12.1 Å². The molecule has 1 amide bonds. The van der Waals surface area contributed by atoms with Crippen molar-refractivity contribution in [1.29, 1.82) is 0 Å². The third kappa shape index (κ3) is 5.79. The second-order valence-corrected chi connectivity index (χ2v) is 7.90. The molecule has 0 radical (unpaired) electrons. The molecule has 2 aromatic heterocycles. The number of hydrogen-bond donors (Lipinski definition) is 1. The number of likely N-dealkylation sites (tertiary alicyclic amines) is 1. The van der Waals surface area contributed by atoms with Gasteiger partial charge in [-0.25, -0.2) is 9.48 Å². The number of amides is 1. The van der Waals surface area contributed by atoms with Crippen LogP contribution in [-0.2, 0) is 35.8 Å². The Balaban J connectivity index is 0.000000318. The average Bonchev–Trinajstić information content (AvgIpc) is 3.37. The number of carboxylic acid groups (broad SMARTS) is 1. The first-order valence-corrected chi connectivity index (χ1v) is 10.4. The topological polar surface area (TPSA) is 91.6 Å². The van der Waals surface area contributed by atoms with Gasteiger partial charge in [-0.15, -0.1) is 5.10 Å². The van der Waals surface area contributed by atoms with Gasteiger partial charge in [0.15, 0.2) is 0 Å². The Labute approximate surface area is 174 Å². The molecule has 8 nitrogen and oxygen atoms in total. The van der Waals surface area contributed by atoms with Gasteiger partial charge in [0.1, 0.15) is 5.69 Å². The first kappa shape index (κ1) is 22.2. The van der Waals surface area contributed by atoms with Crippen LogP contribution < -0.4 is 0 Å². The normalized spacial score (nSPS) is 17.3. The van der Waals surface area contributed by atoms with E-state index in [1.54, 1.807) is 11.3 Å². The molecule has 12 heteroatoms. The van der Waals surface area contributed by atoms with Crippen LogP contribution in [0.5, 0.6) is 0 Å².